The highest BCUT2D eigenvalue weighted by molar-refractivity contribution is 7.94. The van der Waals surface area contributed by atoms with Gasteiger partial charge in [0.1, 0.15) is 6.07 Å². The highest BCUT2D eigenvalue weighted by Gasteiger charge is 2.54. The molecule has 1 unspecified atom stereocenters. The van der Waals surface area contributed by atoms with Crippen molar-refractivity contribution in [2.75, 3.05) is 12.0 Å². The van der Waals surface area contributed by atoms with Crippen LogP contribution in [0.4, 0.5) is 13.2 Å². The average Bonchev–Trinajstić information content (AvgIpc) is 2.64. The predicted octanol–water partition coefficient (Wildman–Crippen LogP) is 3.40. The fraction of sp³-hybridized carbons (Fsp3) is 0.211. The maximum atomic E-state index is 13.6. The zero-order chi connectivity index (χ0) is 23.7. The van der Waals surface area contributed by atoms with Gasteiger partial charge in [-0.1, -0.05) is 35.9 Å². The summed E-state index contributed by atoms with van der Waals surface area (Å²) in [5, 5.41) is 19.0. The number of nitriles is 1. The molecule has 6 nitrogen and oxygen atoms in total. The number of benzene rings is 2. The molecular weight excluding hydrogens is 479 g/mol. The summed E-state index contributed by atoms with van der Waals surface area (Å²) in [4.78, 5) is -1.53. The van der Waals surface area contributed by atoms with Gasteiger partial charge in [-0.2, -0.15) is 18.4 Å². The van der Waals surface area contributed by atoms with E-state index in [4.69, 9.17) is 16.9 Å². The van der Waals surface area contributed by atoms with E-state index in [9.17, 15) is 35.1 Å². The molecule has 31 heavy (non-hydrogen) atoms. The van der Waals surface area contributed by atoms with E-state index in [1.54, 1.807) is 6.07 Å². The Morgan fingerprint density at radius 3 is 2.16 bits per heavy atom. The largest absolute Gasteiger partial charge is 0.421 e. The molecule has 0 heterocycles. The lowest BCUT2D eigenvalue weighted by Crippen LogP contribution is -2.49. The fourth-order valence-electron chi connectivity index (χ4n) is 2.57. The Morgan fingerprint density at radius 1 is 1.10 bits per heavy atom. The van der Waals surface area contributed by atoms with Gasteiger partial charge in [0.05, 0.1) is 26.1 Å². The molecule has 0 aliphatic heterocycles. The molecule has 0 aromatic heterocycles. The van der Waals surface area contributed by atoms with Crippen molar-refractivity contribution in [2.24, 2.45) is 0 Å². The van der Waals surface area contributed by atoms with Crippen molar-refractivity contribution in [3.63, 3.8) is 0 Å². The van der Waals surface area contributed by atoms with Crippen molar-refractivity contribution in [1.29, 1.82) is 5.26 Å². The first-order valence-corrected chi connectivity index (χ1v) is 12.2. The Balaban J connectivity index is 2.53. The zero-order valence-corrected chi connectivity index (χ0v) is 18.1. The minimum absolute atomic E-state index is 0.0464. The molecule has 0 saturated carbocycles. The first-order valence-electron chi connectivity index (χ1n) is 8.30. The molecule has 0 saturated heterocycles. The van der Waals surface area contributed by atoms with Crippen LogP contribution in [0.5, 0.6) is 0 Å². The van der Waals surface area contributed by atoms with Gasteiger partial charge in [0, 0.05) is 6.26 Å². The topological polar surface area (TPSA) is 112 Å². The second-order valence-corrected chi connectivity index (χ2v) is 10.9. The lowest BCUT2D eigenvalue weighted by molar-refractivity contribution is -0.230. The van der Waals surface area contributed by atoms with Crippen molar-refractivity contribution < 1.29 is 35.1 Å². The van der Waals surface area contributed by atoms with Gasteiger partial charge < -0.3 is 5.11 Å². The third-order valence-electron chi connectivity index (χ3n) is 4.15. The molecule has 2 rings (SSSR count). The first kappa shape index (κ1) is 24.9. The predicted molar refractivity (Wildman–Crippen MR) is 108 cm³/mol. The third-order valence-corrected chi connectivity index (χ3v) is 7.59. The quantitative estimate of drug-likeness (QED) is 0.660. The summed E-state index contributed by atoms with van der Waals surface area (Å²) in [6.45, 7) is 0. The van der Waals surface area contributed by atoms with Crippen LogP contribution in [0.1, 0.15) is 11.1 Å². The van der Waals surface area contributed by atoms with Gasteiger partial charge in [-0.15, -0.1) is 0 Å². The molecule has 1 N–H and O–H groups in total. The summed E-state index contributed by atoms with van der Waals surface area (Å²) in [6.07, 6.45) is -3.65. The number of rotatable bonds is 6. The first-order chi connectivity index (χ1) is 14.1. The Hall–Kier alpha value is -2.39. The summed E-state index contributed by atoms with van der Waals surface area (Å²) < 4.78 is 90.0. The Morgan fingerprint density at radius 2 is 1.68 bits per heavy atom. The summed E-state index contributed by atoms with van der Waals surface area (Å²) in [7, 11) is -8.98. The molecule has 0 radical (unpaired) electrons. The van der Waals surface area contributed by atoms with E-state index >= 15 is 0 Å². The third kappa shape index (κ3) is 5.65. The van der Waals surface area contributed by atoms with E-state index < -0.39 is 47.0 Å². The molecule has 0 aliphatic rings. The smallest absolute Gasteiger partial charge is 0.376 e. The highest BCUT2D eigenvalue weighted by Crippen LogP contribution is 2.36. The van der Waals surface area contributed by atoms with Crippen LogP contribution in [0.25, 0.3) is 6.08 Å². The number of hydrogen-bond donors (Lipinski definition) is 1. The zero-order valence-electron chi connectivity index (χ0n) is 15.8. The number of alkyl halides is 3. The van der Waals surface area contributed by atoms with Crippen LogP contribution in [-0.2, 0) is 19.7 Å². The van der Waals surface area contributed by atoms with Gasteiger partial charge in [-0.3, -0.25) is 0 Å². The van der Waals surface area contributed by atoms with Crippen LogP contribution in [0.15, 0.2) is 58.3 Å². The van der Waals surface area contributed by atoms with Crippen LogP contribution in [-0.4, -0.2) is 45.7 Å². The van der Waals surface area contributed by atoms with Crippen LogP contribution in [0.3, 0.4) is 0 Å². The fourth-order valence-corrected chi connectivity index (χ4v) is 6.05. The van der Waals surface area contributed by atoms with Crippen LogP contribution < -0.4 is 0 Å². The molecule has 166 valence electrons. The monoisotopic (exact) mass is 493 g/mol. The van der Waals surface area contributed by atoms with Crippen LogP contribution in [0, 0.1) is 11.3 Å². The summed E-state index contributed by atoms with van der Waals surface area (Å²) in [5.74, 6) is -1.85. The minimum Gasteiger partial charge on any atom is -0.376 e. The Kier molecular flexibility index (Phi) is 6.92. The lowest BCUT2D eigenvalue weighted by atomic mass is 10.0. The van der Waals surface area contributed by atoms with Crippen molar-refractivity contribution in [3.8, 4) is 6.07 Å². The molecule has 0 aliphatic carbocycles. The molecule has 0 amide bonds. The van der Waals surface area contributed by atoms with Crippen molar-refractivity contribution in [3.05, 3.63) is 64.7 Å². The summed E-state index contributed by atoms with van der Waals surface area (Å²) >= 11 is 5.82. The molecule has 1 atom stereocenters. The van der Waals surface area contributed by atoms with E-state index in [-0.39, 0.29) is 22.2 Å². The minimum atomic E-state index is -5.41. The van der Waals surface area contributed by atoms with E-state index in [0.717, 1.165) is 24.3 Å². The summed E-state index contributed by atoms with van der Waals surface area (Å²) in [5.41, 5.74) is -3.69. The van der Waals surface area contributed by atoms with Gasteiger partial charge in [-0.25, -0.2) is 16.8 Å². The van der Waals surface area contributed by atoms with Crippen molar-refractivity contribution in [1.82, 2.24) is 0 Å². The molecule has 2 aromatic carbocycles. The molecule has 12 heteroatoms. The standard InChI is InChI=1S/C19H15ClF3NO5S2/c1-30(26,27)16-4-2-3-5-17(16)31(28,29)12-18(25,19(21,22)23)9-8-13-6-7-14(11-24)15(20)10-13/h2-10,25H,12H2,1H3/b9-8+. The second kappa shape index (κ2) is 8.63. The number of sulfone groups is 2. The number of aliphatic hydroxyl groups is 1. The van der Waals surface area contributed by atoms with Crippen LogP contribution >= 0.6 is 11.6 Å². The normalized spacial score (nSPS) is 14.9. The number of halogens is 4. The molecular formula is C19H15ClF3NO5S2. The maximum absolute atomic E-state index is 13.6. The van der Waals surface area contributed by atoms with Gasteiger partial charge in [-0.05, 0) is 35.9 Å². The van der Waals surface area contributed by atoms with Gasteiger partial charge in [0.25, 0.3) is 0 Å². The number of nitrogens with zero attached hydrogens (tertiary/aromatic N) is 1. The highest BCUT2D eigenvalue weighted by atomic mass is 35.5. The van der Waals surface area contributed by atoms with Gasteiger partial charge in [0.2, 0.25) is 0 Å². The number of hydrogen-bond acceptors (Lipinski definition) is 6. The molecule has 0 fully saturated rings. The molecule has 0 spiro atoms. The molecule has 2 aromatic rings. The Bertz CT molecular complexity index is 1280. The molecule has 0 bridgehead atoms. The van der Waals surface area contributed by atoms with E-state index in [0.29, 0.717) is 6.26 Å². The van der Waals surface area contributed by atoms with Crippen molar-refractivity contribution >= 4 is 37.4 Å². The van der Waals surface area contributed by atoms with E-state index in [2.05, 4.69) is 0 Å². The average molecular weight is 494 g/mol. The van der Waals surface area contributed by atoms with Crippen molar-refractivity contribution in [2.45, 2.75) is 21.6 Å². The maximum Gasteiger partial charge on any atom is 0.421 e. The van der Waals surface area contributed by atoms with Gasteiger partial charge in [0.15, 0.2) is 25.3 Å². The van der Waals surface area contributed by atoms with Gasteiger partial charge >= 0.3 is 6.18 Å². The summed E-state index contributed by atoms with van der Waals surface area (Å²) in [6, 6.07) is 9.62. The Labute approximate surface area is 182 Å². The van der Waals surface area contributed by atoms with E-state index in [1.165, 1.54) is 24.3 Å². The van der Waals surface area contributed by atoms with E-state index in [1.807, 2.05) is 0 Å². The lowest BCUT2D eigenvalue weighted by Gasteiger charge is -2.27. The second-order valence-electron chi connectivity index (χ2n) is 6.58. The SMILES string of the molecule is CS(=O)(=O)c1ccccc1S(=O)(=O)CC(O)(/C=C/c1ccc(C#N)c(Cl)c1)C(F)(F)F. The van der Waals surface area contributed by atoms with Crippen LogP contribution in [0.2, 0.25) is 5.02 Å².